The summed E-state index contributed by atoms with van der Waals surface area (Å²) in [6.45, 7) is 2.61. The number of amides is 1. The standard InChI is InChI=1S/C15H22FN3O3S.ClH/c1-11(9-17)18-15(20)12-3-2-8-19(10-12)23(21,22)14-6-4-13(16)5-7-14;/h4-7,11-12H,2-3,8-10,17H2,1H3,(H,18,20);1H/t11-,12?;/m0./s1. The number of carbonyl (C=O) groups excluding carboxylic acids is 1. The second-order valence-corrected chi connectivity index (χ2v) is 7.74. The molecule has 2 rings (SSSR count). The molecule has 1 aromatic carbocycles. The molecule has 2 atom stereocenters. The van der Waals surface area contributed by atoms with E-state index in [-0.39, 0.29) is 35.8 Å². The van der Waals surface area contributed by atoms with Crippen molar-refractivity contribution < 1.29 is 17.6 Å². The molecule has 9 heteroatoms. The lowest BCUT2D eigenvalue weighted by Crippen LogP contribution is -2.48. The van der Waals surface area contributed by atoms with Crippen LogP contribution >= 0.6 is 12.4 Å². The van der Waals surface area contributed by atoms with Crippen LogP contribution in [0.4, 0.5) is 4.39 Å². The van der Waals surface area contributed by atoms with Crippen LogP contribution in [0.5, 0.6) is 0 Å². The van der Waals surface area contributed by atoms with Gasteiger partial charge in [-0.3, -0.25) is 4.79 Å². The zero-order chi connectivity index (χ0) is 17.0. The Morgan fingerprint density at radius 2 is 2.04 bits per heavy atom. The number of halogens is 2. The third kappa shape index (κ3) is 4.89. The third-order valence-corrected chi connectivity index (χ3v) is 5.83. The summed E-state index contributed by atoms with van der Waals surface area (Å²) in [5.41, 5.74) is 5.48. The molecule has 1 aromatic rings. The highest BCUT2D eigenvalue weighted by molar-refractivity contribution is 7.89. The molecule has 1 unspecified atom stereocenters. The Hall–Kier alpha value is -1.22. The van der Waals surface area contributed by atoms with Gasteiger partial charge in [-0.15, -0.1) is 12.4 Å². The summed E-state index contributed by atoms with van der Waals surface area (Å²) in [5.74, 6) is -1.06. The Balaban J connectivity index is 0.00000288. The zero-order valence-corrected chi connectivity index (χ0v) is 15.1. The lowest BCUT2D eigenvalue weighted by molar-refractivity contribution is -0.126. The lowest BCUT2D eigenvalue weighted by atomic mass is 9.98. The molecule has 1 fully saturated rings. The number of hydrogen-bond donors (Lipinski definition) is 2. The average molecular weight is 380 g/mol. The molecular formula is C15H23ClFN3O3S. The first kappa shape index (κ1) is 20.8. The van der Waals surface area contributed by atoms with Gasteiger partial charge >= 0.3 is 0 Å². The van der Waals surface area contributed by atoms with Crippen molar-refractivity contribution in [3.8, 4) is 0 Å². The number of carbonyl (C=O) groups is 1. The quantitative estimate of drug-likeness (QED) is 0.801. The van der Waals surface area contributed by atoms with Gasteiger partial charge in [0.2, 0.25) is 15.9 Å². The topological polar surface area (TPSA) is 92.5 Å². The van der Waals surface area contributed by atoms with Crippen molar-refractivity contribution in [3.05, 3.63) is 30.1 Å². The highest BCUT2D eigenvalue weighted by Gasteiger charge is 2.33. The monoisotopic (exact) mass is 379 g/mol. The maximum atomic E-state index is 13.0. The molecule has 1 aliphatic rings. The van der Waals surface area contributed by atoms with Crippen LogP contribution in [-0.4, -0.2) is 44.3 Å². The van der Waals surface area contributed by atoms with Crippen molar-refractivity contribution in [3.63, 3.8) is 0 Å². The maximum absolute atomic E-state index is 13.0. The van der Waals surface area contributed by atoms with Crippen molar-refractivity contribution in [2.24, 2.45) is 11.7 Å². The van der Waals surface area contributed by atoms with Crippen LogP contribution in [-0.2, 0) is 14.8 Å². The van der Waals surface area contributed by atoms with Crippen LogP contribution in [0.15, 0.2) is 29.2 Å². The number of sulfonamides is 1. The molecule has 0 aliphatic carbocycles. The molecular weight excluding hydrogens is 357 g/mol. The molecule has 24 heavy (non-hydrogen) atoms. The Labute approximate surface area is 148 Å². The van der Waals surface area contributed by atoms with Gasteiger partial charge in [0.05, 0.1) is 10.8 Å². The fraction of sp³-hybridized carbons (Fsp3) is 0.533. The van der Waals surface area contributed by atoms with Gasteiger partial charge in [-0.1, -0.05) is 0 Å². The van der Waals surface area contributed by atoms with Crippen LogP contribution in [0, 0.1) is 11.7 Å². The van der Waals surface area contributed by atoms with Crippen LogP contribution in [0.1, 0.15) is 19.8 Å². The Bertz CT molecular complexity index is 654. The molecule has 136 valence electrons. The van der Waals surface area contributed by atoms with E-state index in [9.17, 15) is 17.6 Å². The molecule has 0 radical (unpaired) electrons. The van der Waals surface area contributed by atoms with E-state index in [4.69, 9.17) is 5.73 Å². The smallest absolute Gasteiger partial charge is 0.243 e. The summed E-state index contributed by atoms with van der Waals surface area (Å²) in [7, 11) is -3.72. The Morgan fingerprint density at radius 3 is 2.62 bits per heavy atom. The molecule has 6 nitrogen and oxygen atoms in total. The van der Waals surface area contributed by atoms with Crippen molar-refractivity contribution in [2.75, 3.05) is 19.6 Å². The molecule has 0 spiro atoms. The SMILES string of the molecule is C[C@@H](CN)NC(=O)C1CCCN(S(=O)(=O)c2ccc(F)cc2)C1.Cl. The minimum Gasteiger partial charge on any atom is -0.352 e. The predicted molar refractivity (Wildman–Crippen MR) is 91.8 cm³/mol. The highest BCUT2D eigenvalue weighted by Crippen LogP contribution is 2.24. The summed E-state index contributed by atoms with van der Waals surface area (Å²) >= 11 is 0. The van der Waals surface area contributed by atoms with Gasteiger partial charge in [0, 0.05) is 25.7 Å². The lowest BCUT2D eigenvalue weighted by Gasteiger charge is -2.31. The zero-order valence-electron chi connectivity index (χ0n) is 13.4. The number of piperidine rings is 1. The van der Waals surface area contributed by atoms with Gasteiger partial charge in [0.15, 0.2) is 0 Å². The molecule has 0 saturated carbocycles. The largest absolute Gasteiger partial charge is 0.352 e. The summed E-state index contributed by atoms with van der Waals surface area (Å²) in [6, 6.07) is 4.57. The first-order chi connectivity index (χ1) is 10.8. The summed E-state index contributed by atoms with van der Waals surface area (Å²) < 4.78 is 39.5. The van der Waals surface area contributed by atoms with E-state index >= 15 is 0 Å². The van der Waals surface area contributed by atoms with E-state index in [1.165, 1.54) is 16.4 Å². The average Bonchev–Trinajstić information content (AvgIpc) is 2.55. The Morgan fingerprint density at radius 1 is 1.42 bits per heavy atom. The van der Waals surface area contributed by atoms with E-state index in [0.29, 0.717) is 25.9 Å². The van der Waals surface area contributed by atoms with Gasteiger partial charge < -0.3 is 11.1 Å². The van der Waals surface area contributed by atoms with Gasteiger partial charge in [-0.25, -0.2) is 12.8 Å². The highest BCUT2D eigenvalue weighted by atomic mass is 35.5. The first-order valence-electron chi connectivity index (χ1n) is 7.60. The molecule has 0 aromatic heterocycles. The number of nitrogens with one attached hydrogen (secondary N) is 1. The maximum Gasteiger partial charge on any atom is 0.243 e. The molecule has 1 heterocycles. The number of nitrogens with zero attached hydrogens (tertiary/aromatic N) is 1. The fourth-order valence-electron chi connectivity index (χ4n) is 2.55. The Kier molecular flexibility index (Phi) is 7.59. The van der Waals surface area contributed by atoms with Crippen molar-refractivity contribution in [1.29, 1.82) is 0 Å². The summed E-state index contributed by atoms with van der Waals surface area (Å²) in [4.78, 5) is 12.2. The molecule has 0 bridgehead atoms. The predicted octanol–water partition coefficient (Wildman–Crippen LogP) is 1.11. The van der Waals surface area contributed by atoms with E-state index in [1.54, 1.807) is 6.92 Å². The van der Waals surface area contributed by atoms with E-state index < -0.39 is 21.8 Å². The molecule has 1 saturated heterocycles. The minimum absolute atomic E-state index is 0. The van der Waals surface area contributed by atoms with Crippen LogP contribution in [0.2, 0.25) is 0 Å². The first-order valence-corrected chi connectivity index (χ1v) is 9.04. The number of rotatable bonds is 5. The van der Waals surface area contributed by atoms with Crippen molar-refractivity contribution in [1.82, 2.24) is 9.62 Å². The van der Waals surface area contributed by atoms with Gasteiger partial charge in [-0.05, 0) is 44.0 Å². The number of benzene rings is 1. The van der Waals surface area contributed by atoms with E-state index in [2.05, 4.69) is 5.32 Å². The van der Waals surface area contributed by atoms with Crippen LogP contribution in [0.3, 0.4) is 0 Å². The fourth-order valence-corrected chi connectivity index (χ4v) is 4.07. The second-order valence-electron chi connectivity index (χ2n) is 5.80. The molecule has 3 N–H and O–H groups in total. The summed E-state index contributed by atoms with van der Waals surface area (Å²) in [5, 5.41) is 2.78. The van der Waals surface area contributed by atoms with Crippen molar-refractivity contribution in [2.45, 2.75) is 30.7 Å². The molecule has 1 aliphatic heterocycles. The van der Waals surface area contributed by atoms with Crippen LogP contribution in [0.25, 0.3) is 0 Å². The minimum atomic E-state index is -3.72. The van der Waals surface area contributed by atoms with Gasteiger partial charge in [0.25, 0.3) is 0 Å². The van der Waals surface area contributed by atoms with Crippen molar-refractivity contribution >= 4 is 28.3 Å². The number of hydrogen-bond acceptors (Lipinski definition) is 4. The van der Waals surface area contributed by atoms with Gasteiger partial charge in [-0.2, -0.15) is 4.31 Å². The van der Waals surface area contributed by atoms with E-state index in [0.717, 1.165) is 12.1 Å². The van der Waals surface area contributed by atoms with E-state index in [1.807, 2.05) is 0 Å². The number of nitrogens with two attached hydrogens (primary N) is 1. The second kappa shape index (κ2) is 8.75. The van der Waals surface area contributed by atoms with Crippen LogP contribution < -0.4 is 11.1 Å². The third-order valence-electron chi connectivity index (χ3n) is 3.95. The summed E-state index contributed by atoms with van der Waals surface area (Å²) in [6.07, 6.45) is 1.24. The normalized spacial score (nSPS) is 20.0. The van der Waals surface area contributed by atoms with Gasteiger partial charge in [0.1, 0.15) is 5.82 Å². The molecule has 1 amide bonds.